The smallest absolute Gasteiger partial charge is 0.0722 e. The molecular weight excluding hydrogens is 186 g/mol. The molecule has 2 rings (SSSR count). The van der Waals surface area contributed by atoms with Crippen molar-refractivity contribution >= 4 is 0 Å². The molecule has 2 heteroatoms. The van der Waals surface area contributed by atoms with Crippen LogP contribution in [0.25, 0.3) is 0 Å². The summed E-state index contributed by atoms with van der Waals surface area (Å²) in [5.41, 5.74) is 8.47. The van der Waals surface area contributed by atoms with E-state index >= 15 is 0 Å². The Bertz CT molecular complexity index is 333. The van der Waals surface area contributed by atoms with Gasteiger partial charge in [0.05, 0.1) is 6.10 Å². The van der Waals surface area contributed by atoms with Gasteiger partial charge in [0.15, 0.2) is 0 Å². The molecule has 15 heavy (non-hydrogen) atoms. The maximum atomic E-state index is 9.86. The summed E-state index contributed by atoms with van der Waals surface area (Å²) in [6, 6.07) is 8.22. The maximum Gasteiger partial charge on any atom is 0.0722 e. The summed E-state index contributed by atoms with van der Waals surface area (Å²) >= 11 is 0. The lowest BCUT2D eigenvalue weighted by atomic mass is 9.98. The van der Waals surface area contributed by atoms with Crippen LogP contribution in [-0.2, 0) is 6.42 Å². The van der Waals surface area contributed by atoms with Crippen LogP contribution in [0.3, 0.4) is 0 Å². The van der Waals surface area contributed by atoms with Crippen LogP contribution in [0.15, 0.2) is 24.3 Å². The maximum absolute atomic E-state index is 9.86. The van der Waals surface area contributed by atoms with Gasteiger partial charge in [-0.15, -0.1) is 0 Å². The summed E-state index contributed by atoms with van der Waals surface area (Å²) in [5, 5.41) is 9.86. The zero-order chi connectivity index (χ0) is 10.8. The lowest BCUT2D eigenvalue weighted by molar-refractivity contribution is 0.122. The summed E-state index contributed by atoms with van der Waals surface area (Å²) in [6.45, 7) is 2.08. The molecule has 2 nitrogen and oxygen atoms in total. The molecule has 0 aliphatic heterocycles. The fourth-order valence-corrected chi connectivity index (χ4v) is 2.02. The Labute approximate surface area is 91.1 Å². The van der Waals surface area contributed by atoms with Crippen molar-refractivity contribution in [3.05, 3.63) is 35.4 Å². The van der Waals surface area contributed by atoms with Gasteiger partial charge in [0.1, 0.15) is 0 Å². The van der Waals surface area contributed by atoms with Crippen molar-refractivity contribution in [2.45, 2.75) is 38.3 Å². The molecule has 0 spiro atoms. The fourth-order valence-electron chi connectivity index (χ4n) is 2.02. The number of nitrogens with two attached hydrogens (primary N) is 1. The lowest BCUT2D eigenvalue weighted by Gasteiger charge is -2.18. The van der Waals surface area contributed by atoms with E-state index < -0.39 is 0 Å². The highest BCUT2D eigenvalue weighted by atomic mass is 16.3. The van der Waals surface area contributed by atoms with Gasteiger partial charge in [-0.1, -0.05) is 29.8 Å². The summed E-state index contributed by atoms with van der Waals surface area (Å²) in [6.07, 6.45) is 2.75. The molecule has 1 aliphatic rings. The minimum Gasteiger partial charge on any atom is -0.391 e. The van der Waals surface area contributed by atoms with Crippen molar-refractivity contribution < 1.29 is 5.11 Å². The molecular formula is C13H19NO. The minimum atomic E-state index is -0.314. The molecule has 1 aromatic carbocycles. The van der Waals surface area contributed by atoms with Crippen LogP contribution >= 0.6 is 0 Å². The van der Waals surface area contributed by atoms with E-state index in [1.807, 2.05) is 6.07 Å². The first-order valence-corrected chi connectivity index (χ1v) is 5.66. The third-order valence-corrected chi connectivity index (χ3v) is 3.10. The van der Waals surface area contributed by atoms with E-state index in [1.54, 1.807) is 0 Å². The quantitative estimate of drug-likeness (QED) is 0.785. The van der Waals surface area contributed by atoms with E-state index in [2.05, 4.69) is 25.1 Å². The van der Waals surface area contributed by atoms with E-state index in [0.29, 0.717) is 5.92 Å². The van der Waals surface area contributed by atoms with Crippen molar-refractivity contribution in [3.63, 3.8) is 0 Å². The van der Waals surface area contributed by atoms with Gasteiger partial charge in [0, 0.05) is 6.04 Å². The number of hydrogen-bond acceptors (Lipinski definition) is 2. The second-order valence-electron chi connectivity index (χ2n) is 4.69. The molecule has 0 heterocycles. The topological polar surface area (TPSA) is 46.2 Å². The van der Waals surface area contributed by atoms with Crippen LogP contribution in [0.5, 0.6) is 0 Å². The lowest BCUT2D eigenvalue weighted by Crippen LogP contribution is -2.38. The average Bonchev–Trinajstić information content (AvgIpc) is 2.99. The zero-order valence-electron chi connectivity index (χ0n) is 9.19. The Balaban J connectivity index is 1.95. The second-order valence-corrected chi connectivity index (χ2v) is 4.69. The molecule has 1 saturated carbocycles. The summed E-state index contributed by atoms with van der Waals surface area (Å²) < 4.78 is 0. The van der Waals surface area contributed by atoms with Gasteiger partial charge in [-0.05, 0) is 37.7 Å². The summed E-state index contributed by atoms with van der Waals surface area (Å²) in [7, 11) is 0. The molecule has 82 valence electrons. The third-order valence-electron chi connectivity index (χ3n) is 3.10. The van der Waals surface area contributed by atoms with Gasteiger partial charge in [-0.25, -0.2) is 0 Å². The normalized spacial score (nSPS) is 19.9. The molecule has 0 bridgehead atoms. The van der Waals surface area contributed by atoms with E-state index in [0.717, 1.165) is 19.3 Å². The van der Waals surface area contributed by atoms with Crippen molar-refractivity contribution in [2.75, 3.05) is 0 Å². The number of benzene rings is 1. The monoisotopic (exact) mass is 205 g/mol. The molecule has 2 atom stereocenters. The molecule has 3 N–H and O–H groups in total. The van der Waals surface area contributed by atoms with E-state index in [-0.39, 0.29) is 12.1 Å². The zero-order valence-corrected chi connectivity index (χ0v) is 9.19. The predicted molar refractivity (Wildman–Crippen MR) is 61.6 cm³/mol. The standard InChI is InChI=1S/C13H19NO/c1-9-3-2-4-10(7-9)8-12(14)13(15)11-5-6-11/h2-4,7,11-13,15H,5-6,8,14H2,1H3. The Kier molecular flexibility index (Phi) is 3.08. The molecule has 2 unspecified atom stereocenters. The summed E-state index contributed by atoms with van der Waals surface area (Å²) in [4.78, 5) is 0. The van der Waals surface area contributed by atoms with Gasteiger partial charge in [0.25, 0.3) is 0 Å². The molecule has 0 radical (unpaired) electrons. The van der Waals surface area contributed by atoms with Crippen molar-refractivity contribution in [3.8, 4) is 0 Å². The van der Waals surface area contributed by atoms with Crippen LogP contribution in [0.2, 0.25) is 0 Å². The number of aliphatic hydroxyl groups is 1. The number of rotatable bonds is 4. The first-order valence-electron chi connectivity index (χ1n) is 5.66. The highest BCUT2D eigenvalue weighted by molar-refractivity contribution is 5.23. The molecule has 1 fully saturated rings. The molecule has 0 saturated heterocycles. The Morgan fingerprint density at radius 1 is 1.47 bits per heavy atom. The van der Waals surface area contributed by atoms with Gasteiger partial charge in [-0.2, -0.15) is 0 Å². The second kappa shape index (κ2) is 4.33. The highest BCUT2D eigenvalue weighted by Gasteiger charge is 2.33. The first kappa shape index (κ1) is 10.7. The number of aliphatic hydroxyl groups excluding tert-OH is 1. The largest absolute Gasteiger partial charge is 0.391 e. The van der Waals surface area contributed by atoms with Crippen molar-refractivity contribution in [2.24, 2.45) is 11.7 Å². The van der Waals surface area contributed by atoms with E-state index in [4.69, 9.17) is 5.73 Å². The Hall–Kier alpha value is -0.860. The minimum absolute atomic E-state index is 0.112. The first-order chi connectivity index (χ1) is 7.16. The van der Waals surface area contributed by atoms with Crippen LogP contribution < -0.4 is 5.73 Å². The van der Waals surface area contributed by atoms with Crippen LogP contribution in [-0.4, -0.2) is 17.3 Å². The van der Waals surface area contributed by atoms with Crippen LogP contribution in [0, 0.1) is 12.8 Å². The van der Waals surface area contributed by atoms with Gasteiger partial charge < -0.3 is 10.8 Å². The number of hydrogen-bond donors (Lipinski definition) is 2. The molecule has 1 aromatic rings. The molecule has 1 aliphatic carbocycles. The Morgan fingerprint density at radius 3 is 2.80 bits per heavy atom. The third kappa shape index (κ3) is 2.80. The summed E-state index contributed by atoms with van der Waals surface area (Å²) in [5.74, 6) is 0.463. The SMILES string of the molecule is Cc1cccc(CC(N)C(O)C2CC2)c1. The number of aryl methyl sites for hydroxylation is 1. The molecule has 0 aromatic heterocycles. The van der Waals surface area contributed by atoms with Crippen LogP contribution in [0.4, 0.5) is 0 Å². The predicted octanol–water partition coefficient (Wildman–Crippen LogP) is 1.64. The van der Waals surface area contributed by atoms with E-state index in [1.165, 1.54) is 11.1 Å². The van der Waals surface area contributed by atoms with Gasteiger partial charge in [-0.3, -0.25) is 0 Å². The average molecular weight is 205 g/mol. The highest BCUT2D eigenvalue weighted by Crippen LogP contribution is 2.34. The molecule has 0 amide bonds. The van der Waals surface area contributed by atoms with Gasteiger partial charge >= 0.3 is 0 Å². The van der Waals surface area contributed by atoms with Crippen molar-refractivity contribution in [1.82, 2.24) is 0 Å². The Morgan fingerprint density at radius 2 is 2.20 bits per heavy atom. The van der Waals surface area contributed by atoms with Gasteiger partial charge in [0.2, 0.25) is 0 Å². The van der Waals surface area contributed by atoms with E-state index in [9.17, 15) is 5.11 Å². The van der Waals surface area contributed by atoms with Crippen LogP contribution in [0.1, 0.15) is 24.0 Å². The fraction of sp³-hybridized carbons (Fsp3) is 0.538. The van der Waals surface area contributed by atoms with Crippen molar-refractivity contribution in [1.29, 1.82) is 0 Å².